The number of hydrogen-bond acceptors (Lipinski definition) is 4. The summed E-state index contributed by atoms with van der Waals surface area (Å²) in [6.07, 6.45) is 2.74. The quantitative estimate of drug-likeness (QED) is 0.721. The van der Waals surface area contributed by atoms with E-state index in [0.29, 0.717) is 11.7 Å². The van der Waals surface area contributed by atoms with Crippen molar-refractivity contribution >= 4 is 23.0 Å². The normalized spacial score (nSPS) is 11.7. The zero-order chi connectivity index (χ0) is 19.1. The third kappa shape index (κ3) is 4.97. The van der Waals surface area contributed by atoms with E-state index < -0.39 is 0 Å². The van der Waals surface area contributed by atoms with Gasteiger partial charge in [-0.2, -0.15) is 0 Å². The molecular formula is C21H30N4O. The molecule has 26 heavy (non-hydrogen) atoms. The topological polar surface area (TPSA) is 57.3 Å². The van der Waals surface area contributed by atoms with Crippen LogP contribution < -0.4 is 15.5 Å². The summed E-state index contributed by atoms with van der Waals surface area (Å²) < 4.78 is 0. The Kier molecular flexibility index (Phi) is 7.01. The van der Waals surface area contributed by atoms with Crippen molar-refractivity contribution in [3.63, 3.8) is 0 Å². The molecular weight excluding hydrogens is 324 g/mol. The van der Waals surface area contributed by atoms with Gasteiger partial charge >= 0.3 is 0 Å². The van der Waals surface area contributed by atoms with E-state index in [-0.39, 0.29) is 5.91 Å². The zero-order valence-electron chi connectivity index (χ0n) is 16.5. The molecule has 0 spiro atoms. The van der Waals surface area contributed by atoms with Gasteiger partial charge in [0.1, 0.15) is 5.69 Å². The molecule has 1 amide bonds. The third-order valence-corrected chi connectivity index (χ3v) is 4.61. The van der Waals surface area contributed by atoms with Gasteiger partial charge in [0, 0.05) is 30.5 Å². The number of aryl methyl sites for hydroxylation is 1. The van der Waals surface area contributed by atoms with E-state index in [1.165, 1.54) is 5.69 Å². The highest BCUT2D eigenvalue weighted by atomic mass is 16.1. The average molecular weight is 354 g/mol. The lowest BCUT2D eigenvalue weighted by atomic mass is 10.1. The minimum Gasteiger partial charge on any atom is -0.381 e. The first kappa shape index (κ1) is 19.8. The van der Waals surface area contributed by atoms with E-state index in [1.807, 2.05) is 25.1 Å². The molecule has 0 saturated heterocycles. The highest BCUT2D eigenvalue weighted by Gasteiger charge is 2.11. The number of nitrogens with one attached hydrogen (secondary N) is 2. The van der Waals surface area contributed by atoms with Crippen molar-refractivity contribution in [1.29, 1.82) is 0 Å². The molecule has 2 rings (SSSR count). The van der Waals surface area contributed by atoms with Crippen LogP contribution in [0.3, 0.4) is 0 Å². The standard InChI is InChI=1S/C21H30N4O/c1-6-16(5)23-17-9-11-20(22-14-17)21(26)24-19-12-10-18(13-15(19)4)25(7-2)8-3/h9-14,16,23H,6-8H2,1-5H3,(H,24,26). The van der Waals surface area contributed by atoms with Gasteiger partial charge in [0.2, 0.25) is 0 Å². The molecule has 0 radical (unpaired) electrons. The SMILES string of the molecule is CCC(C)Nc1ccc(C(=O)Nc2ccc(N(CC)CC)cc2C)nc1. The number of benzene rings is 1. The monoisotopic (exact) mass is 354 g/mol. The molecule has 1 heterocycles. The van der Waals surface area contributed by atoms with Crippen LogP contribution in [0.5, 0.6) is 0 Å². The number of amides is 1. The summed E-state index contributed by atoms with van der Waals surface area (Å²) in [6, 6.07) is 10.1. The van der Waals surface area contributed by atoms with E-state index in [1.54, 1.807) is 12.3 Å². The molecule has 1 atom stereocenters. The fourth-order valence-corrected chi connectivity index (χ4v) is 2.76. The first-order valence-corrected chi connectivity index (χ1v) is 9.37. The predicted octanol–water partition coefficient (Wildman–Crippen LogP) is 4.70. The van der Waals surface area contributed by atoms with Gasteiger partial charge < -0.3 is 15.5 Å². The fraction of sp³-hybridized carbons (Fsp3) is 0.429. The first-order chi connectivity index (χ1) is 12.5. The van der Waals surface area contributed by atoms with Gasteiger partial charge in [-0.3, -0.25) is 4.79 Å². The molecule has 0 aliphatic rings. The molecule has 1 aromatic heterocycles. The first-order valence-electron chi connectivity index (χ1n) is 9.37. The molecule has 0 bridgehead atoms. The number of pyridine rings is 1. The summed E-state index contributed by atoms with van der Waals surface area (Å²) in [5.41, 5.74) is 4.36. The van der Waals surface area contributed by atoms with Gasteiger partial charge in [-0.1, -0.05) is 6.92 Å². The summed E-state index contributed by atoms with van der Waals surface area (Å²) in [4.78, 5) is 19.0. The molecule has 0 aliphatic carbocycles. The van der Waals surface area contributed by atoms with E-state index in [9.17, 15) is 4.79 Å². The second-order valence-electron chi connectivity index (χ2n) is 6.51. The minimum atomic E-state index is -0.196. The lowest BCUT2D eigenvalue weighted by Crippen LogP contribution is -2.22. The van der Waals surface area contributed by atoms with E-state index in [2.05, 4.69) is 54.3 Å². The summed E-state index contributed by atoms with van der Waals surface area (Å²) >= 11 is 0. The van der Waals surface area contributed by atoms with E-state index in [0.717, 1.165) is 36.4 Å². The van der Waals surface area contributed by atoms with Gasteiger partial charge in [-0.15, -0.1) is 0 Å². The third-order valence-electron chi connectivity index (χ3n) is 4.61. The number of aromatic nitrogens is 1. The van der Waals surface area contributed by atoms with Crippen LogP contribution in [-0.2, 0) is 0 Å². The Balaban J connectivity index is 2.07. The van der Waals surface area contributed by atoms with E-state index >= 15 is 0 Å². The number of hydrogen-bond donors (Lipinski definition) is 2. The van der Waals surface area contributed by atoms with Crippen molar-refractivity contribution in [3.8, 4) is 0 Å². The summed E-state index contributed by atoms with van der Waals surface area (Å²) in [5.74, 6) is -0.196. The smallest absolute Gasteiger partial charge is 0.274 e. The van der Waals surface area contributed by atoms with Crippen LogP contribution in [0, 0.1) is 6.92 Å². The second kappa shape index (κ2) is 9.22. The summed E-state index contributed by atoms with van der Waals surface area (Å²) in [7, 11) is 0. The van der Waals surface area contributed by atoms with Gasteiger partial charge in [0.25, 0.3) is 5.91 Å². The van der Waals surface area contributed by atoms with Crippen LogP contribution in [0.1, 0.15) is 50.2 Å². The molecule has 1 unspecified atom stereocenters. The van der Waals surface area contributed by atoms with Gasteiger partial charge in [-0.25, -0.2) is 4.98 Å². The fourth-order valence-electron chi connectivity index (χ4n) is 2.76. The molecule has 140 valence electrons. The number of anilines is 3. The average Bonchev–Trinajstić information content (AvgIpc) is 2.65. The second-order valence-corrected chi connectivity index (χ2v) is 6.51. The number of carbonyl (C=O) groups excluding carboxylic acids is 1. The van der Waals surface area contributed by atoms with Crippen LogP contribution in [0.4, 0.5) is 17.1 Å². The van der Waals surface area contributed by atoms with Crippen LogP contribution >= 0.6 is 0 Å². The van der Waals surface area contributed by atoms with Crippen molar-refractivity contribution in [2.45, 2.75) is 47.1 Å². The van der Waals surface area contributed by atoms with Gasteiger partial charge in [0.05, 0.1) is 11.9 Å². The van der Waals surface area contributed by atoms with Crippen molar-refractivity contribution in [2.75, 3.05) is 28.6 Å². The maximum atomic E-state index is 12.5. The Morgan fingerprint density at radius 3 is 2.42 bits per heavy atom. The maximum absolute atomic E-state index is 12.5. The predicted molar refractivity (Wildman–Crippen MR) is 110 cm³/mol. The van der Waals surface area contributed by atoms with Crippen LogP contribution in [0.25, 0.3) is 0 Å². The Labute approximate surface area is 156 Å². The Morgan fingerprint density at radius 1 is 1.15 bits per heavy atom. The largest absolute Gasteiger partial charge is 0.381 e. The lowest BCUT2D eigenvalue weighted by Gasteiger charge is -2.22. The number of nitrogens with zero attached hydrogens (tertiary/aromatic N) is 2. The maximum Gasteiger partial charge on any atom is 0.274 e. The highest BCUT2D eigenvalue weighted by molar-refractivity contribution is 6.03. The van der Waals surface area contributed by atoms with Gasteiger partial charge in [-0.05, 0) is 70.0 Å². The number of rotatable bonds is 8. The molecule has 1 aromatic carbocycles. The molecule has 5 nitrogen and oxygen atoms in total. The Morgan fingerprint density at radius 2 is 1.88 bits per heavy atom. The van der Waals surface area contributed by atoms with Crippen LogP contribution in [0.15, 0.2) is 36.5 Å². The van der Waals surface area contributed by atoms with Crippen molar-refractivity contribution in [3.05, 3.63) is 47.8 Å². The van der Waals surface area contributed by atoms with Crippen molar-refractivity contribution < 1.29 is 4.79 Å². The molecule has 0 saturated carbocycles. The molecule has 5 heteroatoms. The van der Waals surface area contributed by atoms with Crippen molar-refractivity contribution in [1.82, 2.24) is 4.98 Å². The van der Waals surface area contributed by atoms with Crippen LogP contribution in [0.2, 0.25) is 0 Å². The number of carbonyl (C=O) groups is 1. The van der Waals surface area contributed by atoms with Crippen LogP contribution in [-0.4, -0.2) is 30.0 Å². The molecule has 0 aliphatic heterocycles. The van der Waals surface area contributed by atoms with E-state index in [4.69, 9.17) is 0 Å². The Hall–Kier alpha value is -2.56. The molecule has 2 N–H and O–H groups in total. The lowest BCUT2D eigenvalue weighted by molar-refractivity contribution is 0.102. The zero-order valence-corrected chi connectivity index (χ0v) is 16.5. The molecule has 0 fully saturated rings. The summed E-state index contributed by atoms with van der Waals surface area (Å²) in [6.45, 7) is 12.5. The Bertz CT molecular complexity index is 723. The highest BCUT2D eigenvalue weighted by Crippen LogP contribution is 2.23. The van der Waals surface area contributed by atoms with Gasteiger partial charge in [0.15, 0.2) is 0 Å². The summed E-state index contributed by atoms with van der Waals surface area (Å²) in [5, 5.41) is 6.31. The molecule has 2 aromatic rings. The minimum absolute atomic E-state index is 0.196. The van der Waals surface area contributed by atoms with Crippen molar-refractivity contribution in [2.24, 2.45) is 0 Å².